The molecule has 3 rings (SSSR count). The molecular weight excluding hydrogens is 270 g/mol. The maximum absolute atomic E-state index is 6.50. The lowest BCUT2D eigenvalue weighted by molar-refractivity contribution is -0.00265. The fourth-order valence-corrected chi connectivity index (χ4v) is 4.13. The minimum Gasteiger partial charge on any atom is -0.487 e. The van der Waals surface area contributed by atoms with Crippen molar-refractivity contribution in [3.8, 4) is 5.75 Å². The summed E-state index contributed by atoms with van der Waals surface area (Å²) in [7, 11) is 0. The zero-order valence-electron chi connectivity index (χ0n) is 14.1. The molecule has 1 saturated carbocycles. The van der Waals surface area contributed by atoms with Crippen molar-refractivity contribution < 1.29 is 4.74 Å². The molecule has 0 radical (unpaired) electrons. The van der Waals surface area contributed by atoms with Gasteiger partial charge in [0.1, 0.15) is 11.4 Å². The maximum atomic E-state index is 6.50. The van der Waals surface area contributed by atoms with Crippen LogP contribution in [0, 0.1) is 0 Å². The van der Waals surface area contributed by atoms with Gasteiger partial charge in [-0.05, 0) is 44.7 Å². The Morgan fingerprint density at radius 3 is 2.73 bits per heavy atom. The Hall–Kier alpha value is -1.02. The molecule has 1 unspecified atom stereocenters. The summed E-state index contributed by atoms with van der Waals surface area (Å²) < 4.78 is 6.50. The van der Waals surface area contributed by atoms with E-state index in [0.717, 1.165) is 18.7 Å². The first kappa shape index (κ1) is 15.9. The third kappa shape index (κ3) is 3.65. The van der Waals surface area contributed by atoms with Crippen LogP contribution in [0.2, 0.25) is 0 Å². The van der Waals surface area contributed by atoms with Crippen LogP contribution in [0.4, 0.5) is 0 Å². The van der Waals surface area contributed by atoms with E-state index in [1.807, 2.05) is 0 Å². The molecule has 1 N–H and O–H groups in total. The molecule has 22 heavy (non-hydrogen) atoms. The second-order valence-electron chi connectivity index (χ2n) is 7.16. The van der Waals surface area contributed by atoms with Gasteiger partial charge in [-0.3, -0.25) is 0 Å². The SMILES string of the molecule is CCCCCCNC1CC2(CCCCC2)Oc2ccccc21. The molecule has 1 aromatic carbocycles. The lowest BCUT2D eigenvalue weighted by atomic mass is 9.77. The van der Waals surface area contributed by atoms with Crippen molar-refractivity contribution in [1.82, 2.24) is 5.32 Å². The number of unbranched alkanes of at least 4 members (excludes halogenated alkanes) is 3. The second kappa shape index (κ2) is 7.50. The minimum absolute atomic E-state index is 0.105. The number of nitrogens with one attached hydrogen (secondary N) is 1. The van der Waals surface area contributed by atoms with E-state index in [4.69, 9.17) is 4.74 Å². The molecule has 1 spiro atoms. The van der Waals surface area contributed by atoms with Gasteiger partial charge in [-0.1, -0.05) is 50.8 Å². The highest BCUT2D eigenvalue weighted by atomic mass is 16.5. The Morgan fingerprint density at radius 1 is 1.09 bits per heavy atom. The van der Waals surface area contributed by atoms with E-state index in [0.29, 0.717) is 6.04 Å². The van der Waals surface area contributed by atoms with E-state index >= 15 is 0 Å². The van der Waals surface area contributed by atoms with Gasteiger partial charge in [-0.25, -0.2) is 0 Å². The van der Waals surface area contributed by atoms with E-state index in [1.165, 1.54) is 63.4 Å². The van der Waals surface area contributed by atoms with Gasteiger partial charge in [0.15, 0.2) is 0 Å². The number of fused-ring (bicyclic) bond motifs is 1. The predicted molar refractivity (Wildman–Crippen MR) is 92.4 cm³/mol. The molecule has 0 aromatic heterocycles. The summed E-state index contributed by atoms with van der Waals surface area (Å²) in [6.45, 7) is 3.41. The molecule has 2 heteroatoms. The van der Waals surface area contributed by atoms with Crippen LogP contribution in [0.15, 0.2) is 24.3 Å². The monoisotopic (exact) mass is 301 g/mol. The first-order chi connectivity index (χ1) is 10.8. The number of para-hydroxylation sites is 1. The molecule has 0 saturated heterocycles. The molecular formula is C20H31NO. The molecule has 1 fully saturated rings. The van der Waals surface area contributed by atoms with Crippen LogP contribution in [-0.4, -0.2) is 12.1 Å². The van der Waals surface area contributed by atoms with Gasteiger partial charge in [0.2, 0.25) is 0 Å². The van der Waals surface area contributed by atoms with Gasteiger partial charge in [-0.2, -0.15) is 0 Å². The summed E-state index contributed by atoms with van der Waals surface area (Å²) in [5, 5.41) is 3.83. The van der Waals surface area contributed by atoms with Crippen LogP contribution in [0.1, 0.15) is 82.7 Å². The highest BCUT2D eigenvalue weighted by Crippen LogP contribution is 2.45. The van der Waals surface area contributed by atoms with E-state index in [9.17, 15) is 0 Å². The van der Waals surface area contributed by atoms with E-state index in [2.05, 4.69) is 36.5 Å². The molecule has 2 nitrogen and oxygen atoms in total. The van der Waals surface area contributed by atoms with Crippen molar-refractivity contribution in [1.29, 1.82) is 0 Å². The first-order valence-electron chi connectivity index (χ1n) is 9.34. The molecule has 122 valence electrons. The normalized spacial score (nSPS) is 23.0. The van der Waals surface area contributed by atoms with Gasteiger partial charge in [0, 0.05) is 18.0 Å². The van der Waals surface area contributed by atoms with Crippen LogP contribution in [0.25, 0.3) is 0 Å². The van der Waals surface area contributed by atoms with Gasteiger partial charge in [-0.15, -0.1) is 0 Å². The minimum atomic E-state index is 0.105. The van der Waals surface area contributed by atoms with Crippen LogP contribution >= 0.6 is 0 Å². The largest absolute Gasteiger partial charge is 0.487 e. The highest BCUT2D eigenvalue weighted by Gasteiger charge is 2.41. The lowest BCUT2D eigenvalue weighted by Crippen LogP contribution is -2.45. The Labute approximate surface area is 135 Å². The van der Waals surface area contributed by atoms with Crippen molar-refractivity contribution in [3.05, 3.63) is 29.8 Å². The number of rotatable bonds is 6. The second-order valence-corrected chi connectivity index (χ2v) is 7.16. The van der Waals surface area contributed by atoms with Crippen molar-refractivity contribution in [2.45, 2.75) is 82.8 Å². The molecule has 2 aliphatic rings. The van der Waals surface area contributed by atoms with Gasteiger partial charge >= 0.3 is 0 Å². The smallest absolute Gasteiger partial charge is 0.124 e. The van der Waals surface area contributed by atoms with Gasteiger partial charge < -0.3 is 10.1 Å². The quantitative estimate of drug-likeness (QED) is 0.712. The third-order valence-electron chi connectivity index (χ3n) is 5.38. The Balaban J connectivity index is 1.67. The van der Waals surface area contributed by atoms with Gasteiger partial charge in [0.25, 0.3) is 0 Å². The van der Waals surface area contributed by atoms with Crippen LogP contribution in [0.5, 0.6) is 5.75 Å². The average molecular weight is 301 g/mol. The Morgan fingerprint density at radius 2 is 1.91 bits per heavy atom. The summed E-state index contributed by atoms with van der Waals surface area (Å²) in [4.78, 5) is 0. The van der Waals surface area contributed by atoms with E-state index < -0.39 is 0 Å². The third-order valence-corrected chi connectivity index (χ3v) is 5.38. The fourth-order valence-electron chi connectivity index (χ4n) is 4.13. The first-order valence-corrected chi connectivity index (χ1v) is 9.34. The molecule has 0 bridgehead atoms. The number of hydrogen-bond donors (Lipinski definition) is 1. The van der Waals surface area contributed by atoms with E-state index in [1.54, 1.807) is 0 Å². The summed E-state index contributed by atoms with van der Waals surface area (Å²) in [5.41, 5.74) is 1.47. The molecule has 1 aliphatic carbocycles. The molecule has 0 amide bonds. The van der Waals surface area contributed by atoms with Crippen molar-refractivity contribution in [3.63, 3.8) is 0 Å². The van der Waals surface area contributed by atoms with Crippen molar-refractivity contribution in [2.75, 3.05) is 6.54 Å². The average Bonchev–Trinajstić information content (AvgIpc) is 2.55. The van der Waals surface area contributed by atoms with Crippen LogP contribution in [-0.2, 0) is 0 Å². The summed E-state index contributed by atoms with van der Waals surface area (Å²) in [6.07, 6.45) is 12.9. The van der Waals surface area contributed by atoms with Gasteiger partial charge in [0.05, 0.1) is 0 Å². The van der Waals surface area contributed by atoms with Crippen LogP contribution in [0.3, 0.4) is 0 Å². The standard InChI is InChI=1S/C20H31NO/c1-2-3-4-10-15-21-18-16-20(13-8-5-9-14-20)22-19-12-7-6-11-17(18)19/h6-7,11-12,18,21H,2-5,8-10,13-16H2,1H3. The summed E-state index contributed by atoms with van der Waals surface area (Å²) in [5.74, 6) is 1.13. The van der Waals surface area contributed by atoms with Crippen LogP contribution < -0.4 is 10.1 Å². The topological polar surface area (TPSA) is 21.3 Å². The fraction of sp³-hybridized carbons (Fsp3) is 0.700. The lowest BCUT2D eigenvalue weighted by Gasteiger charge is -2.44. The zero-order valence-corrected chi connectivity index (χ0v) is 14.1. The van der Waals surface area contributed by atoms with Crippen molar-refractivity contribution >= 4 is 0 Å². The molecule has 1 heterocycles. The summed E-state index contributed by atoms with van der Waals surface area (Å²) in [6, 6.07) is 9.14. The zero-order chi connectivity index (χ0) is 15.3. The number of ether oxygens (including phenoxy) is 1. The molecule has 1 aromatic rings. The summed E-state index contributed by atoms with van der Waals surface area (Å²) >= 11 is 0. The maximum Gasteiger partial charge on any atom is 0.124 e. The number of benzene rings is 1. The highest BCUT2D eigenvalue weighted by molar-refractivity contribution is 5.39. The Bertz CT molecular complexity index is 465. The van der Waals surface area contributed by atoms with Crippen molar-refractivity contribution in [2.24, 2.45) is 0 Å². The number of hydrogen-bond acceptors (Lipinski definition) is 2. The van der Waals surface area contributed by atoms with E-state index in [-0.39, 0.29) is 5.60 Å². The molecule has 1 atom stereocenters. The Kier molecular flexibility index (Phi) is 5.41. The molecule has 1 aliphatic heterocycles. The predicted octanol–water partition coefficient (Wildman–Crippen LogP) is 5.38.